The van der Waals surface area contributed by atoms with Crippen molar-refractivity contribution in [3.05, 3.63) is 0 Å². The summed E-state index contributed by atoms with van der Waals surface area (Å²) in [5.74, 6) is -0.139. The van der Waals surface area contributed by atoms with E-state index in [1.807, 2.05) is 0 Å². The minimum absolute atomic E-state index is 0.0642. The monoisotopic (exact) mass is 189 g/mol. The average Bonchev–Trinajstić information content (AvgIpc) is 2.08. The number of carbonyl (C=O) groups is 2. The Hall–Kier alpha value is -1.30. The molecule has 0 aliphatic rings. The van der Waals surface area contributed by atoms with Crippen molar-refractivity contribution in [3.8, 4) is 0 Å². The molecule has 0 bridgehead atoms. The summed E-state index contributed by atoms with van der Waals surface area (Å²) >= 11 is 0. The summed E-state index contributed by atoms with van der Waals surface area (Å²) in [5, 5.41) is 13.2. The molecule has 6 heteroatoms. The van der Waals surface area contributed by atoms with Gasteiger partial charge in [0, 0.05) is 19.5 Å². The van der Waals surface area contributed by atoms with Crippen molar-refractivity contribution in [2.75, 3.05) is 19.7 Å². The highest BCUT2D eigenvalue weighted by Crippen LogP contribution is 1.85. The molecule has 0 aromatic carbocycles. The SMILES string of the molecule is NC(=O)NCCCC(=O)NCCO. The molecule has 5 N–H and O–H groups in total. The molecular formula is C7H15N3O3. The Bertz CT molecular complexity index is 172. The van der Waals surface area contributed by atoms with Crippen LogP contribution in [0.5, 0.6) is 0 Å². The lowest BCUT2D eigenvalue weighted by atomic mass is 10.3. The number of amides is 3. The van der Waals surface area contributed by atoms with Crippen molar-refractivity contribution in [2.24, 2.45) is 5.73 Å². The van der Waals surface area contributed by atoms with Crippen molar-refractivity contribution >= 4 is 11.9 Å². The van der Waals surface area contributed by atoms with Gasteiger partial charge in [0.2, 0.25) is 5.91 Å². The number of nitrogens with one attached hydrogen (secondary N) is 2. The number of hydrogen-bond acceptors (Lipinski definition) is 3. The largest absolute Gasteiger partial charge is 0.395 e. The fourth-order valence-corrected chi connectivity index (χ4v) is 0.744. The average molecular weight is 189 g/mol. The topological polar surface area (TPSA) is 104 Å². The van der Waals surface area contributed by atoms with Gasteiger partial charge < -0.3 is 21.5 Å². The van der Waals surface area contributed by atoms with E-state index in [-0.39, 0.29) is 19.1 Å². The second kappa shape index (κ2) is 7.35. The van der Waals surface area contributed by atoms with Crippen molar-refractivity contribution in [1.29, 1.82) is 0 Å². The molecule has 0 aliphatic carbocycles. The van der Waals surface area contributed by atoms with E-state index in [4.69, 9.17) is 10.8 Å². The van der Waals surface area contributed by atoms with Gasteiger partial charge >= 0.3 is 6.03 Å². The van der Waals surface area contributed by atoms with Crippen LogP contribution in [0.4, 0.5) is 4.79 Å². The van der Waals surface area contributed by atoms with Crippen LogP contribution in [0.25, 0.3) is 0 Å². The van der Waals surface area contributed by atoms with E-state index in [9.17, 15) is 9.59 Å². The summed E-state index contributed by atoms with van der Waals surface area (Å²) in [4.78, 5) is 21.1. The Morgan fingerprint density at radius 2 is 1.92 bits per heavy atom. The number of primary amides is 1. The van der Waals surface area contributed by atoms with E-state index in [1.165, 1.54) is 0 Å². The lowest BCUT2D eigenvalue weighted by molar-refractivity contribution is -0.121. The molecule has 0 atom stereocenters. The number of nitrogens with two attached hydrogens (primary N) is 1. The summed E-state index contributed by atoms with van der Waals surface area (Å²) in [6.45, 7) is 0.592. The van der Waals surface area contributed by atoms with Gasteiger partial charge in [0.25, 0.3) is 0 Å². The lowest BCUT2D eigenvalue weighted by Gasteiger charge is -2.03. The fourth-order valence-electron chi connectivity index (χ4n) is 0.744. The van der Waals surface area contributed by atoms with Crippen LogP contribution >= 0.6 is 0 Å². The predicted octanol–water partition coefficient (Wildman–Crippen LogP) is -1.46. The number of rotatable bonds is 6. The summed E-state index contributed by atoms with van der Waals surface area (Å²) in [5.41, 5.74) is 4.81. The normalized spacial score (nSPS) is 9.31. The Morgan fingerprint density at radius 1 is 1.23 bits per heavy atom. The van der Waals surface area contributed by atoms with Gasteiger partial charge in [-0.1, -0.05) is 0 Å². The first-order chi connectivity index (χ1) is 6.16. The summed E-state index contributed by atoms with van der Waals surface area (Å²) in [6, 6.07) is -0.587. The minimum atomic E-state index is -0.587. The Kier molecular flexibility index (Phi) is 6.62. The van der Waals surface area contributed by atoms with Crippen LogP contribution in [0.15, 0.2) is 0 Å². The first kappa shape index (κ1) is 11.7. The van der Waals surface area contributed by atoms with Crippen LogP contribution in [0.3, 0.4) is 0 Å². The van der Waals surface area contributed by atoms with Gasteiger partial charge in [-0.3, -0.25) is 4.79 Å². The number of aliphatic hydroxyl groups excluding tert-OH is 1. The van der Waals surface area contributed by atoms with Crippen LogP contribution in [0.2, 0.25) is 0 Å². The minimum Gasteiger partial charge on any atom is -0.395 e. The molecule has 0 fully saturated rings. The third-order valence-corrected chi connectivity index (χ3v) is 1.31. The first-order valence-corrected chi connectivity index (χ1v) is 4.07. The molecule has 0 saturated carbocycles. The van der Waals surface area contributed by atoms with Crippen molar-refractivity contribution in [3.63, 3.8) is 0 Å². The maximum atomic E-state index is 10.9. The Labute approximate surface area is 76.5 Å². The predicted molar refractivity (Wildman–Crippen MR) is 46.9 cm³/mol. The van der Waals surface area contributed by atoms with Gasteiger partial charge in [-0.15, -0.1) is 0 Å². The summed E-state index contributed by atoms with van der Waals surface area (Å²) in [7, 11) is 0. The zero-order valence-corrected chi connectivity index (χ0v) is 7.38. The zero-order valence-electron chi connectivity index (χ0n) is 7.38. The fraction of sp³-hybridized carbons (Fsp3) is 0.714. The number of carbonyl (C=O) groups excluding carboxylic acids is 2. The second-order valence-electron chi connectivity index (χ2n) is 2.47. The molecule has 0 aliphatic heterocycles. The maximum Gasteiger partial charge on any atom is 0.312 e. The highest BCUT2D eigenvalue weighted by molar-refractivity contribution is 5.76. The molecular weight excluding hydrogens is 174 g/mol. The molecule has 0 unspecified atom stereocenters. The number of urea groups is 1. The van der Waals surface area contributed by atoms with Gasteiger partial charge in [0.1, 0.15) is 0 Å². The Balaban J connectivity index is 3.22. The van der Waals surface area contributed by atoms with E-state index >= 15 is 0 Å². The molecule has 3 amide bonds. The van der Waals surface area contributed by atoms with Crippen LogP contribution in [0, 0.1) is 0 Å². The molecule has 0 saturated heterocycles. The molecule has 13 heavy (non-hydrogen) atoms. The smallest absolute Gasteiger partial charge is 0.312 e. The molecule has 0 rings (SSSR count). The second-order valence-corrected chi connectivity index (χ2v) is 2.47. The molecule has 0 aromatic heterocycles. The summed E-state index contributed by atoms with van der Waals surface area (Å²) in [6.07, 6.45) is 0.862. The van der Waals surface area contributed by atoms with Crippen LogP contribution in [-0.2, 0) is 4.79 Å². The van der Waals surface area contributed by atoms with Gasteiger partial charge in [-0.25, -0.2) is 4.79 Å². The summed E-state index contributed by atoms with van der Waals surface area (Å²) < 4.78 is 0. The number of aliphatic hydroxyl groups is 1. The lowest BCUT2D eigenvalue weighted by Crippen LogP contribution is -2.31. The van der Waals surface area contributed by atoms with Crippen molar-refractivity contribution < 1.29 is 14.7 Å². The van der Waals surface area contributed by atoms with Crippen LogP contribution in [0.1, 0.15) is 12.8 Å². The van der Waals surface area contributed by atoms with E-state index in [0.29, 0.717) is 19.4 Å². The molecule has 6 nitrogen and oxygen atoms in total. The maximum absolute atomic E-state index is 10.9. The molecule has 0 heterocycles. The standard InChI is InChI=1S/C7H15N3O3/c8-7(13)10-3-1-2-6(12)9-4-5-11/h11H,1-5H2,(H,9,12)(H3,8,10,13). The third kappa shape index (κ3) is 8.61. The van der Waals surface area contributed by atoms with Crippen molar-refractivity contribution in [1.82, 2.24) is 10.6 Å². The third-order valence-electron chi connectivity index (χ3n) is 1.31. The quantitative estimate of drug-likeness (QED) is 0.384. The molecule has 0 radical (unpaired) electrons. The highest BCUT2D eigenvalue weighted by atomic mass is 16.3. The van der Waals surface area contributed by atoms with Gasteiger partial charge in [0.15, 0.2) is 0 Å². The van der Waals surface area contributed by atoms with E-state index in [1.54, 1.807) is 0 Å². The first-order valence-electron chi connectivity index (χ1n) is 4.07. The van der Waals surface area contributed by atoms with E-state index in [0.717, 1.165) is 0 Å². The van der Waals surface area contributed by atoms with E-state index in [2.05, 4.69) is 10.6 Å². The van der Waals surface area contributed by atoms with Crippen molar-refractivity contribution in [2.45, 2.75) is 12.8 Å². The zero-order chi connectivity index (χ0) is 10.1. The number of hydrogen-bond donors (Lipinski definition) is 4. The van der Waals surface area contributed by atoms with Crippen LogP contribution < -0.4 is 16.4 Å². The molecule has 0 aromatic rings. The van der Waals surface area contributed by atoms with Gasteiger partial charge in [0.05, 0.1) is 6.61 Å². The van der Waals surface area contributed by atoms with Gasteiger partial charge in [-0.05, 0) is 6.42 Å². The molecule has 0 spiro atoms. The Morgan fingerprint density at radius 3 is 2.46 bits per heavy atom. The van der Waals surface area contributed by atoms with Gasteiger partial charge in [-0.2, -0.15) is 0 Å². The van der Waals surface area contributed by atoms with E-state index < -0.39 is 6.03 Å². The van der Waals surface area contributed by atoms with Crippen LogP contribution in [-0.4, -0.2) is 36.7 Å². The highest BCUT2D eigenvalue weighted by Gasteiger charge is 1.99. The molecule has 76 valence electrons.